The van der Waals surface area contributed by atoms with Gasteiger partial charge in [0, 0.05) is 24.8 Å². The van der Waals surface area contributed by atoms with Gasteiger partial charge in [0.25, 0.3) is 0 Å². The molecule has 0 bridgehead atoms. The van der Waals surface area contributed by atoms with Crippen molar-refractivity contribution in [2.75, 3.05) is 24.5 Å². The van der Waals surface area contributed by atoms with Crippen LogP contribution < -0.4 is 10.2 Å². The lowest BCUT2D eigenvalue weighted by molar-refractivity contribution is 0.269. The minimum atomic E-state index is 0.293. The molecular formula is C18H30N2. The summed E-state index contributed by atoms with van der Waals surface area (Å²) >= 11 is 0. The van der Waals surface area contributed by atoms with Crippen LogP contribution in [0, 0.1) is 5.41 Å². The van der Waals surface area contributed by atoms with E-state index in [-0.39, 0.29) is 0 Å². The summed E-state index contributed by atoms with van der Waals surface area (Å²) < 4.78 is 0. The van der Waals surface area contributed by atoms with Crippen molar-refractivity contribution in [3.8, 4) is 0 Å². The highest BCUT2D eigenvalue weighted by molar-refractivity contribution is 5.55. The maximum atomic E-state index is 3.75. The summed E-state index contributed by atoms with van der Waals surface area (Å²) in [5.41, 5.74) is 3.26. The first-order valence-corrected chi connectivity index (χ1v) is 8.08. The Morgan fingerprint density at radius 3 is 2.70 bits per heavy atom. The molecule has 0 saturated carbocycles. The number of benzene rings is 1. The molecule has 20 heavy (non-hydrogen) atoms. The normalized spacial score (nSPS) is 16.9. The molecule has 0 radical (unpaired) electrons. The quantitative estimate of drug-likeness (QED) is 0.877. The van der Waals surface area contributed by atoms with Crippen molar-refractivity contribution in [3.63, 3.8) is 0 Å². The molecule has 0 fully saturated rings. The number of aryl methyl sites for hydroxylation is 1. The average molecular weight is 274 g/mol. The molecule has 0 aliphatic carbocycles. The van der Waals surface area contributed by atoms with Crippen LogP contribution in [0.4, 0.5) is 5.69 Å². The van der Waals surface area contributed by atoms with E-state index < -0.39 is 0 Å². The Kier molecular flexibility index (Phi) is 5.09. The summed E-state index contributed by atoms with van der Waals surface area (Å²) in [6, 6.07) is 9.44. The van der Waals surface area contributed by atoms with Gasteiger partial charge >= 0.3 is 0 Å². The van der Waals surface area contributed by atoms with Crippen LogP contribution in [0.3, 0.4) is 0 Å². The second kappa shape index (κ2) is 6.62. The molecule has 1 aliphatic heterocycles. The number of nitrogens with one attached hydrogen (secondary N) is 1. The van der Waals surface area contributed by atoms with Crippen LogP contribution in [0.15, 0.2) is 24.3 Å². The van der Waals surface area contributed by atoms with Gasteiger partial charge in [-0.3, -0.25) is 0 Å². The van der Waals surface area contributed by atoms with E-state index in [1.807, 2.05) is 0 Å². The number of hydrogen-bond donors (Lipinski definition) is 1. The highest BCUT2D eigenvalue weighted by atomic mass is 15.2. The van der Waals surface area contributed by atoms with Gasteiger partial charge in [-0.25, -0.2) is 0 Å². The standard InChI is InChI=1S/C18H30N2/c1-5-12-19-17(18(2,3)4)14-20-13-8-10-15-9-6-7-11-16(15)20/h6-7,9,11,17,19H,5,8,10,12-14H2,1-4H3. The van der Waals surface area contributed by atoms with Crippen LogP contribution in [0.1, 0.15) is 46.1 Å². The van der Waals surface area contributed by atoms with Gasteiger partial charge in [0.2, 0.25) is 0 Å². The smallest absolute Gasteiger partial charge is 0.0399 e. The van der Waals surface area contributed by atoms with Crippen LogP contribution in [-0.2, 0) is 6.42 Å². The molecule has 1 heterocycles. The molecule has 2 rings (SSSR count). The third kappa shape index (κ3) is 3.76. The monoisotopic (exact) mass is 274 g/mol. The second-order valence-electron chi connectivity index (χ2n) is 7.05. The fourth-order valence-electron chi connectivity index (χ4n) is 2.98. The SMILES string of the molecule is CCCNC(CN1CCCc2ccccc21)C(C)(C)C. The highest BCUT2D eigenvalue weighted by Crippen LogP contribution is 2.29. The van der Waals surface area contributed by atoms with E-state index in [9.17, 15) is 0 Å². The van der Waals surface area contributed by atoms with Crippen LogP contribution in [0.2, 0.25) is 0 Å². The van der Waals surface area contributed by atoms with Crippen LogP contribution in [-0.4, -0.2) is 25.7 Å². The summed E-state index contributed by atoms with van der Waals surface area (Å²) in [6.45, 7) is 12.7. The van der Waals surface area contributed by atoms with E-state index in [4.69, 9.17) is 0 Å². The summed E-state index contributed by atoms with van der Waals surface area (Å²) in [5.74, 6) is 0. The van der Waals surface area contributed by atoms with E-state index in [0.29, 0.717) is 11.5 Å². The minimum absolute atomic E-state index is 0.293. The van der Waals surface area contributed by atoms with E-state index in [1.165, 1.54) is 37.1 Å². The molecule has 112 valence electrons. The summed E-state index contributed by atoms with van der Waals surface area (Å²) in [7, 11) is 0. The predicted octanol–water partition coefficient (Wildman–Crippen LogP) is 3.85. The molecule has 1 aliphatic rings. The number of nitrogens with zero attached hydrogens (tertiary/aromatic N) is 1. The predicted molar refractivity (Wildman–Crippen MR) is 88.5 cm³/mol. The molecule has 2 nitrogen and oxygen atoms in total. The average Bonchev–Trinajstić information content (AvgIpc) is 2.42. The molecule has 0 spiro atoms. The van der Waals surface area contributed by atoms with Crippen molar-refractivity contribution in [3.05, 3.63) is 29.8 Å². The van der Waals surface area contributed by atoms with Gasteiger partial charge < -0.3 is 10.2 Å². The summed E-state index contributed by atoms with van der Waals surface area (Å²) in [4.78, 5) is 2.58. The molecule has 1 unspecified atom stereocenters. The lowest BCUT2D eigenvalue weighted by Gasteiger charge is -2.39. The van der Waals surface area contributed by atoms with Crippen molar-refractivity contribution in [1.82, 2.24) is 5.32 Å². The Morgan fingerprint density at radius 1 is 1.25 bits per heavy atom. The van der Waals surface area contributed by atoms with Crippen LogP contribution in [0.5, 0.6) is 0 Å². The first-order valence-electron chi connectivity index (χ1n) is 8.08. The van der Waals surface area contributed by atoms with E-state index in [1.54, 1.807) is 0 Å². The highest BCUT2D eigenvalue weighted by Gasteiger charge is 2.27. The van der Waals surface area contributed by atoms with Crippen molar-refractivity contribution in [2.45, 2.75) is 53.0 Å². The van der Waals surface area contributed by atoms with E-state index in [2.05, 4.69) is 62.2 Å². The Morgan fingerprint density at radius 2 is 2.00 bits per heavy atom. The van der Waals surface area contributed by atoms with Gasteiger partial charge in [-0.1, -0.05) is 45.9 Å². The largest absolute Gasteiger partial charge is 0.370 e. The van der Waals surface area contributed by atoms with E-state index in [0.717, 1.165) is 13.1 Å². The van der Waals surface area contributed by atoms with Crippen LogP contribution >= 0.6 is 0 Å². The van der Waals surface area contributed by atoms with Crippen molar-refractivity contribution in [2.24, 2.45) is 5.41 Å². The molecule has 0 aromatic heterocycles. The Labute approximate surface area is 124 Å². The molecule has 0 saturated heterocycles. The lowest BCUT2D eigenvalue weighted by Crippen LogP contribution is -2.50. The molecular weight excluding hydrogens is 244 g/mol. The maximum absolute atomic E-state index is 3.75. The molecule has 0 amide bonds. The zero-order valence-corrected chi connectivity index (χ0v) is 13.6. The van der Waals surface area contributed by atoms with Gasteiger partial charge in [0.1, 0.15) is 0 Å². The van der Waals surface area contributed by atoms with Crippen molar-refractivity contribution >= 4 is 5.69 Å². The van der Waals surface area contributed by atoms with Gasteiger partial charge in [0.05, 0.1) is 0 Å². The Balaban J connectivity index is 2.11. The molecule has 1 atom stereocenters. The van der Waals surface area contributed by atoms with Gasteiger partial charge in [0.15, 0.2) is 0 Å². The fourth-order valence-corrected chi connectivity index (χ4v) is 2.98. The number of anilines is 1. The first kappa shape index (κ1) is 15.4. The fraction of sp³-hybridized carbons (Fsp3) is 0.667. The third-order valence-electron chi connectivity index (χ3n) is 4.30. The van der Waals surface area contributed by atoms with Gasteiger partial charge in [-0.05, 0) is 42.9 Å². The van der Waals surface area contributed by atoms with Gasteiger partial charge in [-0.2, -0.15) is 0 Å². The molecule has 1 aromatic carbocycles. The van der Waals surface area contributed by atoms with Gasteiger partial charge in [-0.15, -0.1) is 0 Å². The van der Waals surface area contributed by atoms with Crippen molar-refractivity contribution < 1.29 is 0 Å². The number of para-hydroxylation sites is 1. The zero-order valence-electron chi connectivity index (χ0n) is 13.6. The van der Waals surface area contributed by atoms with Crippen LogP contribution in [0.25, 0.3) is 0 Å². The first-order chi connectivity index (χ1) is 9.52. The maximum Gasteiger partial charge on any atom is 0.0399 e. The third-order valence-corrected chi connectivity index (χ3v) is 4.30. The second-order valence-corrected chi connectivity index (χ2v) is 7.05. The minimum Gasteiger partial charge on any atom is -0.370 e. The van der Waals surface area contributed by atoms with Crippen molar-refractivity contribution in [1.29, 1.82) is 0 Å². The number of rotatable bonds is 5. The zero-order chi connectivity index (χ0) is 14.6. The number of hydrogen-bond acceptors (Lipinski definition) is 2. The lowest BCUT2D eigenvalue weighted by atomic mass is 9.85. The van der Waals surface area contributed by atoms with E-state index >= 15 is 0 Å². The number of fused-ring (bicyclic) bond motifs is 1. The molecule has 2 heteroatoms. The summed E-state index contributed by atoms with van der Waals surface area (Å²) in [6.07, 6.45) is 3.71. The topological polar surface area (TPSA) is 15.3 Å². The Hall–Kier alpha value is -1.02. The summed E-state index contributed by atoms with van der Waals surface area (Å²) in [5, 5.41) is 3.75. The Bertz CT molecular complexity index is 420. The molecule has 1 N–H and O–H groups in total. The molecule has 1 aromatic rings.